The first-order chi connectivity index (χ1) is 16.6. The van der Waals surface area contributed by atoms with E-state index < -0.39 is 26.8 Å². The molecule has 3 rings (SSSR count). The van der Waals surface area contributed by atoms with Crippen molar-refractivity contribution in [1.82, 2.24) is 4.31 Å². The first kappa shape index (κ1) is 25.5. The van der Waals surface area contributed by atoms with Crippen molar-refractivity contribution in [2.24, 2.45) is 0 Å². The molecule has 182 valence electrons. The van der Waals surface area contributed by atoms with Gasteiger partial charge in [-0.1, -0.05) is 26.0 Å². The number of hydrogen-bond acceptors (Lipinski definition) is 6. The molecule has 0 spiro atoms. The molecule has 3 aromatic carbocycles. The molecular weight excluding hydrogens is 472 g/mol. The second kappa shape index (κ2) is 10.9. The summed E-state index contributed by atoms with van der Waals surface area (Å²) in [7, 11) is -3.72. The molecule has 0 fully saturated rings. The lowest BCUT2D eigenvalue weighted by atomic mass is 10.2. The van der Waals surface area contributed by atoms with Crippen molar-refractivity contribution >= 4 is 38.9 Å². The van der Waals surface area contributed by atoms with Crippen LogP contribution >= 0.6 is 0 Å². The number of nitro groups is 1. The Morgan fingerprint density at radius 1 is 0.829 bits per heavy atom. The van der Waals surface area contributed by atoms with Crippen LogP contribution in [0.1, 0.15) is 34.6 Å². The fraction of sp³-hybridized carbons (Fsp3) is 0.167. The van der Waals surface area contributed by atoms with Gasteiger partial charge in [-0.05, 0) is 48.5 Å². The lowest BCUT2D eigenvalue weighted by Gasteiger charge is -2.18. The molecule has 0 bridgehead atoms. The van der Waals surface area contributed by atoms with Gasteiger partial charge in [0.1, 0.15) is 0 Å². The maximum absolute atomic E-state index is 12.8. The third kappa shape index (κ3) is 6.08. The van der Waals surface area contributed by atoms with E-state index in [0.717, 1.165) is 0 Å². The number of carbonyl (C=O) groups excluding carboxylic acids is 2. The molecule has 2 N–H and O–H groups in total. The maximum atomic E-state index is 12.8. The highest BCUT2D eigenvalue weighted by Gasteiger charge is 2.22. The summed E-state index contributed by atoms with van der Waals surface area (Å²) < 4.78 is 26.8. The zero-order chi connectivity index (χ0) is 25.6. The van der Waals surface area contributed by atoms with Crippen molar-refractivity contribution in [3.05, 3.63) is 94.0 Å². The molecule has 2 amide bonds. The molecule has 11 heteroatoms. The summed E-state index contributed by atoms with van der Waals surface area (Å²) in [5.74, 6) is -0.988. The van der Waals surface area contributed by atoms with Crippen LogP contribution in [-0.2, 0) is 10.0 Å². The van der Waals surface area contributed by atoms with E-state index in [1.165, 1.54) is 58.9 Å². The maximum Gasteiger partial charge on any atom is 0.269 e. The molecule has 0 radical (unpaired) electrons. The summed E-state index contributed by atoms with van der Waals surface area (Å²) in [5, 5.41) is 16.1. The number of non-ortho nitro benzene ring substituents is 1. The van der Waals surface area contributed by atoms with E-state index in [1.807, 2.05) is 0 Å². The molecule has 35 heavy (non-hydrogen) atoms. The predicted molar refractivity (Wildman–Crippen MR) is 132 cm³/mol. The van der Waals surface area contributed by atoms with Gasteiger partial charge in [-0.3, -0.25) is 19.7 Å². The Labute approximate surface area is 202 Å². The molecule has 0 saturated carbocycles. The van der Waals surface area contributed by atoms with Crippen LogP contribution in [0.15, 0.2) is 77.7 Å². The zero-order valence-electron chi connectivity index (χ0n) is 19.1. The summed E-state index contributed by atoms with van der Waals surface area (Å²) >= 11 is 0. The van der Waals surface area contributed by atoms with Crippen LogP contribution in [-0.4, -0.2) is 42.6 Å². The van der Waals surface area contributed by atoms with Crippen LogP contribution in [0.2, 0.25) is 0 Å². The van der Waals surface area contributed by atoms with Gasteiger partial charge < -0.3 is 10.6 Å². The lowest BCUT2D eigenvalue weighted by Crippen LogP contribution is -2.30. The van der Waals surface area contributed by atoms with Crippen molar-refractivity contribution in [1.29, 1.82) is 0 Å². The van der Waals surface area contributed by atoms with Crippen LogP contribution in [0.3, 0.4) is 0 Å². The van der Waals surface area contributed by atoms with E-state index in [2.05, 4.69) is 10.6 Å². The number of benzene rings is 3. The first-order valence-electron chi connectivity index (χ1n) is 10.7. The molecule has 0 atom stereocenters. The molecule has 0 aliphatic carbocycles. The smallest absolute Gasteiger partial charge is 0.269 e. The SMILES string of the molecule is CCN(CC)S(=O)(=O)c1cccc(C(=O)Nc2cccc(NC(=O)c3ccc([N+](=O)[O-])cc3)c2)c1. The third-order valence-corrected chi connectivity index (χ3v) is 7.20. The zero-order valence-corrected chi connectivity index (χ0v) is 19.9. The second-order valence-corrected chi connectivity index (χ2v) is 9.35. The summed E-state index contributed by atoms with van der Waals surface area (Å²) in [6.07, 6.45) is 0. The number of carbonyl (C=O) groups is 2. The van der Waals surface area contributed by atoms with Gasteiger partial charge in [0.15, 0.2) is 0 Å². The van der Waals surface area contributed by atoms with Gasteiger partial charge in [0.2, 0.25) is 10.0 Å². The molecular formula is C24H24N4O6S. The molecule has 0 aliphatic rings. The Morgan fingerprint density at radius 3 is 1.91 bits per heavy atom. The minimum absolute atomic E-state index is 0.0259. The van der Waals surface area contributed by atoms with Gasteiger partial charge in [0.25, 0.3) is 17.5 Å². The number of amides is 2. The van der Waals surface area contributed by atoms with Gasteiger partial charge in [-0.15, -0.1) is 0 Å². The van der Waals surface area contributed by atoms with Crippen LogP contribution in [0.25, 0.3) is 0 Å². The normalized spacial score (nSPS) is 11.2. The van der Waals surface area contributed by atoms with Crippen molar-refractivity contribution < 1.29 is 22.9 Å². The standard InChI is InChI=1S/C24H24N4O6S/c1-3-27(4-2)35(33,34)22-10-5-7-18(15-22)24(30)26-20-9-6-8-19(16-20)25-23(29)17-11-13-21(14-12-17)28(31)32/h5-16H,3-4H2,1-2H3,(H,25,29)(H,26,30). The fourth-order valence-electron chi connectivity index (χ4n) is 3.33. The lowest BCUT2D eigenvalue weighted by molar-refractivity contribution is -0.384. The van der Waals surface area contributed by atoms with Crippen molar-refractivity contribution in [2.45, 2.75) is 18.7 Å². The highest BCUT2D eigenvalue weighted by Crippen LogP contribution is 2.20. The molecule has 0 saturated heterocycles. The number of nitro benzene ring substituents is 1. The average Bonchev–Trinajstić information content (AvgIpc) is 2.85. The van der Waals surface area contributed by atoms with E-state index in [0.29, 0.717) is 24.5 Å². The monoisotopic (exact) mass is 496 g/mol. The van der Waals surface area contributed by atoms with Crippen LogP contribution in [0.5, 0.6) is 0 Å². The number of hydrogen-bond donors (Lipinski definition) is 2. The first-order valence-corrected chi connectivity index (χ1v) is 12.2. The van der Waals surface area contributed by atoms with Crippen LogP contribution < -0.4 is 10.6 Å². The summed E-state index contributed by atoms with van der Waals surface area (Å²) in [5.41, 5.74) is 1.05. The molecule has 3 aromatic rings. The number of sulfonamides is 1. The topological polar surface area (TPSA) is 139 Å². The van der Waals surface area contributed by atoms with Gasteiger partial charge in [-0.2, -0.15) is 4.31 Å². The van der Waals surface area contributed by atoms with E-state index in [4.69, 9.17) is 0 Å². The highest BCUT2D eigenvalue weighted by atomic mass is 32.2. The summed E-state index contributed by atoms with van der Waals surface area (Å²) in [6, 6.07) is 17.4. The van der Waals surface area contributed by atoms with E-state index in [9.17, 15) is 28.1 Å². The minimum Gasteiger partial charge on any atom is -0.322 e. The van der Waals surface area contributed by atoms with Crippen LogP contribution in [0.4, 0.5) is 17.1 Å². The van der Waals surface area contributed by atoms with Crippen molar-refractivity contribution in [3.8, 4) is 0 Å². The number of anilines is 2. The summed E-state index contributed by atoms with van der Waals surface area (Å²) in [6.45, 7) is 4.11. The Morgan fingerprint density at radius 2 is 1.37 bits per heavy atom. The largest absolute Gasteiger partial charge is 0.322 e. The number of nitrogens with zero attached hydrogens (tertiary/aromatic N) is 2. The Bertz CT molecular complexity index is 1350. The quantitative estimate of drug-likeness (QED) is 0.337. The number of rotatable bonds is 9. The van der Waals surface area contributed by atoms with Gasteiger partial charge >= 0.3 is 0 Å². The Balaban J connectivity index is 1.73. The van der Waals surface area contributed by atoms with E-state index >= 15 is 0 Å². The van der Waals surface area contributed by atoms with Gasteiger partial charge in [-0.25, -0.2) is 8.42 Å². The minimum atomic E-state index is -3.72. The predicted octanol–water partition coefficient (Wildman–Crippen LogP) is 4.13. The fourth-order valence-corrected chi connectivity index (χ4v) is 4.83. The van der Waals surface area contributed by atoms with Gasteiger partial charge in [0, 0.05) is 47.7 Å². The van der Waals surface area contributed by atoms with Crippen LogP contribution in [0, 0.1) is 10.1 Å². The number of nitrogens with one attached hydrogen (secondary N) is 2. The molecule has 0 aliphatic heterocycles. The summed E-state index contributed by atoms with van der Waals surface area (Å²) in [4.78, 5) is 35.5. The second-order valence-electron chi connectivity index (χ2n) is 7.41. The van der Waals surface area contributed by atoms with E-state index in [1.54, 1.807) is 32.0 Å². The Kier molecular flexibility index (Phi) is 7.94. The van der Waals surface area contributed by atoms with Crippen molar-refractivity contribution in [3.63, 3.8) is 0 Å². The van der Waals surface area contributed by atoms with E-state index in [-0.39, 0.29) is 21.7 Å². The van der Waals surface area contributed by atoms with Crippen molar-refractivity contribution in [2.75, 3.05) is 23.7 Å². The molecule has 0 aromatic heterocycles. The Hall–Kier alpha value is -4.09. The average molecular weight is 497 g/mol. The van der Waals surface area contributed by atoms with Gasteiger partial charge in [0.05, 0.1) is 9.82 Å². The highest BCUT2D eigenvalue weighted by molar-refractivity contribution is 7.89. The molecule has 0 unspecified atom stereocenters. The third-order valence-electron chi connectivity index (χ3n) is 5.16. The molecule has 10 nitrogen and oxygen atoms in total. The molecule has 0 heterocycles.